The first-order valence-corrected chi connectivity index (χ1v) is 11.2. The van der Waals surface area contributed by atoms with Crippen LogP contribution in [0.1, 0.15) is 0 Å². The van der Waals surface area contributed by atoms with Gasteiger partial charge < -0.3 is 4.57 Å². The Morgan fingerprint density at radius 2 is 1.55 bits per heavy atom. The van der Waals surface area contributed by atoms with Gasteiger partial charge in [0.2, 0.25) is 0 Å². The van der Waals surface area contributed by atoms with Gasteiger partial charge in [-0.15, -0.1) is 0 Å². The van der Waals surface area contributed by atoms with Gasteiger partial charge >= 0.3 is 5.69 Å². The van der Waals surface area contributed by atoms with Gasteiger partial charge in [0, 0.05) is 50.0 Å². The quantitative estimate of drug-likeness (QED) is 0.279. The standard InChI is InChI=1S/C20H13Br3ClN3O2/c1-25-15-9-27(10-7-12(21)17(23)13(22)8-10)18(11-5-3-4-6-14(11)24)16(15)19(28)26(2)20(25)29/h3-9H,1-2H3. The van der Waals surface area contributed by atoms with Gasteiger partial charge in [-0.25, -0.2) is 4.79 Å². The van der Waals surface area contributed by atoms with Crippen LogP contribution < -0.4 is 11.2 Å². The van der Waals surface area contributed by atoms with E-state index in [4.69, 9.17) is 11.6 Å². The fourth-order valence-corrected chi connectivity index (χ4v) is 4.96. The molecule has 0 amide bonds. The van der Waals surface area contributed by atoms with Crippen molar-refractivity contribution in [2.24, 2.45) is 14.1 Å². The van der Waals surface area contributed by atoms with Crippen LogP contribution in [0.5, 0.6) is 0 Å². The van der Waals surface area contributed by atoms with Crippen LogP contribution in [0.15, 0.2) is 65.6 Å². The highest BCUT2D eigenvalue weighted by Gasteiger charge is 2.22. The van der Waals surface area contributed by atoms with Gasteiger partial charge in [0.05, 0.1) is 16.6 Å². The SMILES string of the molecule is Cn1c(=O)c2c(-c3ccccc3Cl)n(-c3cc(Br)c(Br)c(Br)c3)cc2n(C)c1=O. The molecule has 0 spiro atoms. The monoisotopic (exact) mass is 599 g/mol. The number of fused-ring (bicyclic) bond motifs is 1. The van der Waals surface area contributed by atoms with Gasteiger partial charge in [-0.3, -0.25) is 13.9 Å². The van der Waals surface area contributed by atoms with E-state index in [1.54, 1.807) is 19.3 Å². The molecule has 148 valence electrons. The molecule has 9 heteroatoms. The first-order valence-electron chi connectivity index (χ1n) is 8.43. The molecule has 0 aliphatic rings. The van der Waals surface area contributed by atoms with Crippen LogP contribution in [0.4, 0.5) is 0 Å². The molecule has 5 nitrogen and oxygen atoms in total. The van der Waals surface area contributed by atoms with Gasteiger partial charge in [-0.05, 0) is 66.0 Å². The fourth-order valence-electron chi connectivity index (χ4n) is 3.34. The number of hydrogen-bond donors (Lipinski definition) is 0. The summed E-state index contributed by atoms with van der Waals surface area (Å²) in [5.41, 5.74) is 1.91. The molecular formula is C20H13Br3ClN3O2. The van der Waals surface area contributed by atoms with Crippen molar-refractivity contribution in [1.82, 2.24) is 13.7 Å². The summed E-state index contributed by atoms with van der Waals surface area (Å²) in [7, 11) is 3.13. The second-order valence-corrected chi connectivity index (χ2v) is 9.43. The molecule has 2 aromatic carbocycles. The van der Waals surface area contributed by atoms with E-state index in [9.17, 15) is 9.59 Å². The summed E-state index contributed by atoms with van der Waals surface area (Å²) < 4.78 is 7.02. The molecule has 0 saturated heterocycles. The molecule has 0 aliphatic heterocycles. The first-order chi connectivity index (χ1) is 13.7. The lowest BCUT2D eigenvalue weighted by Crippen LogP contribution is -2.36. The van der Waals surface area contributed by atoms with E-state index >= 15 is 0 Å². The third-order valence-electron chi connectivity index (χ3n) is 4.81. The summed E-state index contributed by atoms with van der Waals surface area (Å²) in [6.07, 6.45) is 1.79. The predicted octanol–water partition coefficient (Wildman–Crippen LogP) is 5.64. The third-order valence-corrected chi connectivity index (χ3v) is 8.31. The summed E-state index contributed by atoms with van der Waals surface area (Å²) in [6.45, 7) is 0. The zero-order valence-corrected chi connectivity index (χ0v) is 20.7. The maximum atomic E-state index is 13.1. The molecule has 29 heavy (non-hydrogen) atoms. The Labute approximate surface area is 195 Å². The van der Waals surface area contributed by atoms with Crippen molar-refractivity contribution in [3.8, 4) is 16.9 Å². The molecule has 4 aromatic rings. The van der Waals surface area contributed by atoms with Crippen molar-refractivity contribution in [2.45, 2.75) is 0 Å². The van der Waals surface area contributed by atoms with E-state index in [1.165, 1.54) is 11.6 Å². The molecule has 0 fully saturated rings. The Morgan fingerprint density at radius 3 is 2.17 bits per heavy atom. The number of aryl methyl sites for hydroxylation is 1. The summed E-state index contributed by atoms with van der Waals surface area (Å²) in [4.78, 5) is 25.6. The number of halogens is 4. The highest BCUT2D eigenvalue weighted by Crippen LogP contribution is 2.38. The van der Waals surface area contributed by atoms with Crippen LogP contribution in [0.3, 0.4) is 0 Å². The number of rotatable bonds is 2. The highest BCUT2D eigenvalue weighted by atomic mass is 79.9. The number of nitrogens with zero attached hydrogens (tertiary/aromatic N) is 3. The van der Waals surface area contributed by atoms with Crippen molar-refractivity contribution < 1.29 is 0 Å². The molecule has 4 rings (SSSR count). The van der Waals surface area contributed by atoms with Crippen molar-refractivity contribution in [3.05, 3.63) is 81.9 Å². The maximum absolute atomic E-state index is 13.1. The Hall–Kier alpha value is -1.61. The number of hydrogen-bond acceptors (Lipinski definition) is 2. The van der Waals surface area contributed by atoms with Gasteiger partial charge in [-0.2, -0.15) is 0 Å². The predicted molar refractivity (Wildman–Crippen MR) is 127 cm³/mol. The Balaban J connectivity index is 2.25. The molecule has 2 aromatic heterocycles. The lowest BCUT2D eigenvalue weighted by molar-refractivity contribution is 0.714. The molecule has 2 heterocycles. The molecule has 0 bridgehead atoms. The van der Waals surface area contributed by atoms with Crippen LogP contribution >= 0.6 is 59.4 Å². The van der Waals surface area contributed by atoms with E-state index in [2.05, 4.69) is 47.8 Å². The summed E-state index contributed by atoms with van der Waals surface area (Å²) in [5.74, 6) is 0. The fraction of sp³-hybridized carbons (Fsp3) is 0.100. The van der Waals surface area contributed by atoms with E-state index in [0.29, 0.717) is 27.2 Å². The minimum atomic E-state index is -0.386. The minimum absolute atomic E-state index is 0.369. The lowest BCUT2D eigenvalue weighted by Gasteiger charge is -2.13. The number of benzene rings is 2. The van der Waals surface area contributed by atoms with Gasteiger partial charge in [0.25, 0.3) is 5.56 Å². The number of aromatic nitrogens is 3. The van der Waals surface area contributed by atoms with Crippen LogP contribution in [-0.2, 0) is 14.1 Å². The zero-order chi connectivity index (χ0) is 21.0. The van der Waals surface area contributed by atoms with Gasteiger partial charge in [0.15, 0.2) is 0 Å². The second kappa shape index (κ2) is 7.58. The largest absolute Gasteiger partial charge is 0.330 e. The van der Waals surface area contributed by atoms with Crippen LogP contribution in [0.25, 0.3) is 27.8 Å². The summed E-state index contributed by atoms with van der Waals surface area (Å²) in [5, 5.41) is 0.942. The Morgan fingerprint density at radius 1 is 0.931 bits per heavy atom. The second-order valence-electron chi connectivity index (χ2n) is 6.52. The highest BCUT2D eigenvalue weighted by molar-refractivity contribution is 9.14. The molecule has 0 unspecified atom stereocenters. The molecule has 0 N–H and O–H groups in total. The van der Waals surface area contributed by atoms with Gasteiger partial charge in [-0.1, -0.05) is 29.8 Å². The van der Waals surface area contributed by atoms with E-state index in [1.807, 2.05) is 34.9 Å². The Kier molecular flexibility index (Phi) is 5.40. The Bertz CT molecular complexity index is 1400. The average Bonchev–Trinajstić information content (AvgIpc) is 3.09. The maximum Gasteiger partial charge on any atom is 0.330 e. The van der Waals surface area contributed by atoms with Crippen LogP contribution in [0, 0.1) is 0 Å². The summed E-state index contributed by atoms with van der Waals surface area (Å²) >= 11 is 17.1. The summed E-state index contributed by atoms with van der Waals surface area (Å²) in [6, 6.07) is 11.2. The van der Waals surface area contributed by atoms with Crippen LogP contribution in [0.2, 0.25) is 5.02 Å². The molecule has 0 atom stereocenters. The molecule has 0 radical (unpaired) electrons. The zero-order valence-electron chi connectivity index (χ0n) is 15.2. The van der Waals surface area contributed by atoms with E-state index in [0.717, 1.165) is 23.7 Å². The minimum Gasteiger partial charge on any atom is -0.313 e. The van der Waals surface area contributed by atoms with Crippen molar-refractivity contribution in [1.29, 1.82) is 0 Å². The topological polar surface area (TPSA) is 48.9 Å². The van der Waals surface area contributed by atoms with E-state index < -0.39 is 0 Å². The average molecular weight is 603 g/mol. The van der Waals surface area contributed by atoms with Crippen molar-refractivity contribution in [3.63, 3.8) is 0 Å². The van der Waals surface area contributed by atoms with Gasteiger partial charge in [0.1, 0.15) is 0 Å². The molecular weight excluding hydrogens is 589 g/mol. The van der Waals surface area contributed by atoms with Crippen molar-refractivity contribution in [2.75, 3.05) is 0 Å². The lowest BCUT2D eigenvalue weighted by atomic mass is 10.1. The van der Waals surface area contributed by atoms with E-state index in [-0.39, 0.29) is 11.2 Å². The molecule has 0 saturated carbocycles. The molecule has 0 aliphatic carbocycles. The first kappa shape index (κ1) is 20.7. The smallest absolute Gasteiger partial charge is 0.313 e. The third kappa shape index (κ3) is 3.26. The normalized spacial score (nSPS) is 11.4. The van der Waals surface area contributed by atoms with Crippen molar-refractivity contribution >= 4 is 70.3 Å². The van der Waals surface area contributed by atoms with Crippen LogP contribution in [-0.4, -0.2) is 13.7 Å².